The summed E-state index contributed by atoms with van der Waals surface area (Å²) in [6, 6.07) is 15.1. The lowest BCUT2D eigenvalue weighted by Crippen LogP contribution is -2.13. The van der Waals surface area contributed by atoms with Gasteiger partial charge in [0.15, 0.2) is 0 Å². The van der Waals surface area contributed by atoms with Gasteiger partial charge in [-0.3, -0.25) is 0 Å². The molecular weight excluding hydrogens is 518 g/mol. The monoisotopic (exact) mass is 559 g/mol. The van der Waals surface area contributed by atoms with Crippen molar-refractivity contribution in [3.63, 3.8) is 0 Å². The number of ether oxygens (including phenoxy) is 1. The molecule has 0 bridgehead atoms. The van der Waals surface area contributed by atoms with Gasteiger partial charge in [-0.15, -0.1) is 6.58 Å². The van der Waals surface area contributed by atoms with Gasteiger partial charge in [-0.05, 0) is 109 Å². The Labute approximate surface area is 251 Å². The normalized spacial score (nSPS) is 20.2. The molecule has 3 heteroatoms. The fraction of sp³-hybridized carbons (Fsp3) is 0.211. The van der Waals surface area contributed by atoms with Gasteiger partial charge in [-0.2, -0.15) is 0 Å². The molecule has 0 radical (unpaired) electrons. The summed E-state index contributed by atoms with van der Waals surface area (Å²) >= 11 is 1.63. The lowest BCUT2D eigenvalue weighted by atomic mass is 9.92. The highest BCUT2D eigenvalue weighted by molar-refractivity contribution is 7.97. The van der Waals surface area contributed by atoms with Crippen LogP contribution < -0.4 is 9.46 Å². The van der Waals surface area contributed by atoms with Crippen molar-refractivity contribution >= 4 is 23.1 Å². The average Bonchev–Trinajstić information content (AvgIpc) is 3.52. The van der Waals surface area contributed by atoms with E-state index in [-0.39, 0.29) is 12.0 Å². The molecular formula is C38H41NOS. The number of fused-ring (bicyclic) bond motifs is 1. The first-order valence-corrected chi connectivity index (χ1v) is 15.0. The van der Waals surface area contributed by atoms with Gasteiger partial charge >= 0.3 is 0 Å². The summed E-state index contributed by atoms with van der Waals surface area (Å²) < 4.78 is 9.92. The number of hydrogen-bond donors (Lipinski definition) is 1. The minimum Gasteiger partial charge on any atom is -0.484 e. The van der Waals surface area contributed by atoms with Crippen LogP contribution in [0.2, 0.25) is 0 Å². The highest BCUT2D eigenvalue weighted by Gasteiger charge is 2.32. The van der Waals surface area contributed by atoms with Crippen LogP contribution in [-0.4, -0.2) is 6.10 Å². The smallest absolute Gasteiger partial charge is 0.131 e. The minimum absolute atomic E-state index is 0.00415. The van der Waals surface area contributed by atoms with Crippen LogP contribution in [0.1, 0.15) is 63.1 Å². The first kappa shape index (κ1) is 30.0. The molecule has 4 rings (SSSR count). The zero-order chi connectivity index (χ0) is 29.5. The van der Waals surface area contributed by atoms with Gasteiger partial charge in [0.25, 0.3) is 0 Å². The fourth-order valence-electron chi connectivity index (χ4n) is 5.41. The maximum absolute atomic E-state index is 6.37. The molecule has 2 aromatic carbocycles. The molecule has 2 aromatic rings. The standard InChI is InChI=1S/C38H41NOS/c1-9-15-37-33(13-5)35-17-14-16-34(38(35)40-37)25(6)18-21-30(11-3)39-41-31-22-19-29(20-23-31)26(7)36-24-28(10-2)32(12-4)27(36)8/h9-10,12-23,33,37,39H,2,4-5,8,11,24H2,1,3,6-7H3/b15-9-,25-18+,30-21+,36-26+. The van der Waals surface area contributed by atoms with E-state index in [4.69, 9.17) is 4.74 Å². The third kappa shape index (κ3) is 6.36. The number of rotatable bonds is 11. The molecule has 0 aromatic heterocycles. The number of para-hydroxylation sites is 1. The Morgan fingerprint density at radius 3 is 2.41 bits per heavy atom. The Bertz CT molecular complexity index is 1510. The van der Waals surface area contributed by atoms with Crippen LogP contribution in [0.3, 0.4) is 0 Å². The van der Waals surface area contributed by atoms with Crippen LogP contribution >= 0.6 is 11.9 Å². The van der Waals surface area contributed by atoms with Gasteiger partial charge in [0.05, 0.1) is 0 Å². The van der Waals surface area contributed by atoms with E-state index in [1.165, 1.54) is 33.4 Å². The van der Waals surface area contributed by atoms with Crippen molar-refractivity contribution in [2.24, 2.45) is 0 Å². The van der Waals surface area contributed by atoms with E-state index in [1.807, 2.05) is 31.2 Å². The third-order valence-corrected chi connectivity index (χ3v) is 8.75. The predicted octanol–water partition coefficient (Wildman–Crippen LogP) is 10.7. The van der Waals surface area contributed by atoms with E-state index in [9.17, 15) is 0 Å². The van der Waals surface area contributed by atoms with Gasteiger partial charge < -0.3 is 9.46 Å². The summed E-state index contributed by atoms with van der Waals surface area (Å²) in [6.07, 6.45) is 16.0. The van der Waals surface area contributed by atoms with E-state index < -0.39 is 0 Å². The summed E-state index contributed by atoms with van der Waals surface area (Å²) in [5.74, 6) is 1.13. The Morgan fingerprint density at radius 2 is 1.80 bits per heavy atom. The van der Waals surface area contributed by atoms with Crippen LogP contribution in [0.25, 0.3) is 11.1 Å². The Hall–Kier alpha value is -3.95. The van der Waals surface area contributed by atoms with Crippen LogP contribution in [-0.2, 0) is 0 Å². The quantitative estimate of drug-likeness (QED) is 0.168. The predicted molar refractivity (Wildman–Crippen MR) is 180 cm³/mol. The molecule has 1 N–H and O–H groups in total. The molecule has 0 saturated carbocycles. The van der Waals surface area contributed by atoms with E-state index in [2.05, 4.69) is 113 Å². The van der Waals surface area contributed by atoms with Gasteiger partial charge in [0.2, 0.25) is 0 Å². The highest BCUT2D eigenvalue weighted by atomic mass is 32.2. The average molecular weight is 560 g/mol. The maximum Gasteiger partial charge on any atom is 0.131 e. The minimum atomic E-state index is -0.00415. The summed E-state index contributed by atoms with van der Waals surface area (Å²) in [5.41, 5.74) is 11.7. The zero-order valence-electron chi connectivity index (χ0n) is 24.8. The molecule has 1 heterocycles. The van der Waals surface area contributed by atoms with E-state index >= 15 is 0 Å². The van der Waals surface area contributed by atoms with Gasteiger partial charge in [0.1, 0.15) is 11.9 Å². The molecule has 0 saturated heterocycles. The first-order chi connectivity index (χ1) is 19.9. The lowest BCUT2D eigenvalue weighted by molar-refractivity contribution is 0.269. The molecule has 1 aliphatic carbocycles. The number of nitrogens with one attached hydrogen (secondary N) is 1. The van der Waals surface area contributed by atoms with Crippen molar-refractivity contribution in [2.75, 3.05) is 0 Å². The molecule has 0 fully saturated rings. The van der Waals surface area contributed by atoms with Crippen molar-refractivity contribution in [1.29, 1.82) is 0 Å². The number of allylic oxidation sites excluding steroid dienone is 12. The van der Waals surface area contributed by atoms with Crippen LogP contribution in [0.5, 0.6) is 5.75 Å². The summed E-state index contributed by atoms with van der Waals surface area (Å²) in [5, 5.41) is 0. The summed E-state index contributed by atoms with van der Waals surface area (Å²) in [6.45, 7) is 24.8. The van der Waals surface area contributed by atoms with Crippen LogP contribution in [0, 0.1) is 0 Å². The Morgan fingerprint density at radius 1 is 1.05 bits per heavy atom. The van der Waals surface area contributed by atoms with Crippen molar-refractivity contribution in [3.05, 3.63) is 156 Å². The van der Waals surface area contributed by atoms with Crippen molar-refractivity contribution in [3.8, 4) is 5.75 Å². The number of hydrogen-bond acceptors (Lipinski definition) is 3. The van der Waals surface area contributed by atoms with E-state index in [0.29, 0.717) is 0 Å². The lowest BCUT2D eigenvalue weighted by Gasteiger charge is -2.12. The second-order valence-electron chi connectivity index (χ2n) is 10.3. The summed E-state index contributed by atoms with van der Waals surface area (Å²) in [4.78, 5) is 1.16. The SMILES string of the molecule is C=CC1=C(C=C)C(=C)/C(=C(\C)c2ccc(SN/C(=C/C=C(\C)c3cccc4c3OC(/C=C\C)C4C=C)CC)cc2)C1. The Balaban J connectivity index is 1.45. The third-order valence-electron chi connectivity index (χ3n) is 7.88. The molecule has 210 valence electrons. The van der Waals surface area contributed by atoms with Gasteiger partial charge in [-0.1, -0.05) is 87.4 Å². The first-order valence-electron chi connectivity index (χ1n) is 14.2. The van der Waals surface area contributed by atoms with Crippen molar-refractivity contribution < 1.29 is 4.74 Å². The zero-order valence-corrected chi connectivity index (χ0v) is 25.6. The van der Waals surface area contributed by atoms with Gasteiger partial charge in [0, 0.05) is 27.6 Å². The van der Waals surface area contributed by atoms with Crippen molar-refractivity contribution in [2.45, 2.75) is 57.5 Å². The largest absolute Gasteiger partial charge is 0.484 e. The highest BCUT2D eigenvalue weighted by Crippen LogP contribution is 2.44. The number of benzene rings is 2. The molecule has 2 atom stereocenters. The molecule has 2 unspecified atom stereocenters. The molecule has 2 nitrogen and oxygen atoms in total. The molecule has 41 heavy (non-hydrogen) atoms. The second-order valence-corrected chi connectivity index (χ2v) is 11.2. The van der Waals surface area contributed by atoms with Crippen molar-refractivity contribution in [1.82, 2.24) is 4.72 Å². The van der Waals surface area contributed by atoms with Crippen LogP contribution in [0.4, 0.5) is 0 Å². The Kier molecular flexibility index (Phi) is 9.96. The topological polar surface area (TPSA) is 21.3 Å². The van der Waals surface area contributed by atoms with E-state index in [0.717, 1.165) is 45.9 Å². The van der Waals surface area contributed by atoms with Gasteiger partial charge in [-0.25, -0.2) is 0 Å². The summed E-state index contributed by atoms with van der Waals surface area (Å²) in [7, 11) is 0. The second kappa shape index (κ2) is 13.6. The molecule has 0 spiro atoms. The molecule has 2 aliphatic rings. The maximum atomic E-state index is 6.37. The molecule has 1 aliphatic heterocycles. The fourth-order valence-corrected chi connectivity index (χ4v) is 6.14. The van der Waals surface area contributed by atoms with Crippen LogP contribution in [0.15, 0.2) is 144 Å². The van der Waals surface area contributed by atoms with E-state index in [1.54, 1.807) is 11.9 Å². The molecule has 0 amide bonds.